The standard InChI is InChI=1S/C20H28N6O2/c1-24-13-16(12-23-24)19-17(14-25-7-3-2-4-8-25)28-10-9-26(19)20(27)15-5-6-18(21)22-11-15/h5-6,11-13,17,19H,2-4,7-10,14H2,1H3,(H2,21,22)/t17-,19-/m0/s1. The van der Waals surface area contributed by atoms with Crippen LogP contribution in [0.25, 0.3) is 0 Å². The van der Waals surface area contributed by atoms with E-state index in [1.807, 2.05) is 24.3 Å². The summed E-state index contributed by atoms with van der Waals surface area (Å²) in [5.41, 5.74) is 7.22. The van der Waals surface area contributed by atoms with Crippen molar-refractivity contribution in [1.29, 1.82) is 0 Å². The van der Waals surface area contributed by atoms with Gasteiger partial charge < -0.3 is 20.3 Å². The molecule has 2 aromatic heterocycles. The lowest BCUT2D eigenvalue weighted by atomic mass is 9.98. The molecule has 0 spiro atoms. The van der Waals surface area contributed by atoms with Gasteiger partial charge in [0.1, 0.15) is 5.82 Å². The Morgan fingerprint density at radius 3 is 2.71 bits per heavy atom. The largest absolute Gasteiger partial charge is 0.384 e. The fourth-order valence-electron chi connectivity index (χ4n) is 4.20. The highest BCUT2D eigenvalue weighted by molar-refractivity contribution is 5.94. The first-order chi connectivity index (χ1) is 13.6. The first-order valence-electron chi connectivity index (χ1n) is 9.97. The Balaban J connectivity index is 1.61. The first kappa shape index (κ1) is 18.9. The zero-order valence-corrected chi connectivity index (χ0v) is 16.3. The number of ether oxygens (including phenoxy) is 1. The van der Waals surface area contributed by atoms with Crippen LogP contribution >= 0.6 is 0 Å². The van der Waals surface area contributed by atoms with Crippen LogP contribution in [0.3, 0.4) is 0 Å². The van der Waals surface area contributed by atoms with Gasteiger partial charge in [-0.15, -0.1) is 0 Å². The maximum absolute atomic E-state index is 13.3. The summed E-state index contributed by atoms with van der Waals surface area (Å²) in [6, 6.07) is 3.23. The number of anilines is 1. The minimum absolute atomic E-state index is 0.0479. The van der Waals surface area contributed by atoms with E-state index in [0.717, 1.165) is 25.2 Å². The van der Waals surface area contributed by atoms with Crippen LogP contribution in [-0.2, 0) is 11.8 Å². The Morgan fingerprint density at radius 1 is 1.21 bits per heavy atom. The number of amides is 1. The SMILES string of the molecule is Cn1cc([C@H]2[C@H](CN3CCCCC3)OCCN2C(=O)c2ccc(N)nc2)cn1. The van der Waals surface area contributed by atoms with Crippen LogP contribution in [0.4, 0.5) is 5.82 Å². The van der Waals surface area contributed by atoms with Crippen molar-refractivity contribution in [1.82, 2.24) is 24.6 Å². The molecule has 0 radical (unpaired) electrons. The van der Waals surface area contributed by atoms with Crippen molar-refractivity contribution in [2.45, 2.75) is 31.4 Å². The van der Waals surface area contributed by atoms with E-state index < -0.39 is 0 Å². The first-order valence-corrected chi connectivity index (χ1v) is 9.97. The molecular weight excluding hydrogens is 356 g/mol. The van der Waals surface area contributed by atoms with Gasteiger partial charge in [0.2, 0.25) is 0 Å². The number of nitrogens with two attached hydrogens (primary N) is 1. The normalized spacial score (nSPS) is 23.7. The molecule has 8 nitrogen and oxygen atoms in total. The van der Waals surface area contributed by atoms with Crippen LogP contribution in [0.1, 0.15) is 41.2 Å². The molecule has 4 rings (SSSR count). The van der Waals surface area contributed by atoms with Crippen LogP contribution < -0.4 is 5.73 Å². The molecule has 28 heavy (non-hydrogen) atoms. The maximum Gasteiger partial charge on any atom is 0.256 e. The number of aromatic nitrogens is 3. The highest BCUT2D eigenvalue weighted by Crippen LogP contribution is 2.32. The molecule has 2 atom stereocenters. The van der Waals surface area contributed by atoms with Gasteiger partial charge in [-0.3, -0.25) is 9.48 Å². The minimum Gasteiger partial charge on any atom is -0.384 e. The maximum atomic E-state index is 13.3. The van der Waals surface area contributed by atoms with Crippen molar-refractivity contribution in [3.05, 3.63) is 41.9 Å². The summed E-state index contributed by atoms with van der Waals surface area (Å²) in [6.07, 6.45) is 9.03. The summed E-state index contributed by atoms with van der Waals surface area (Å²) in [5.74, 6) is 0.360. The minimum atomic E-state index is -0.172. The average Bonchev–Trinajstić information content (AvgIpc) is 3.14. The number of hydrogen-bond donors (Lipinski definition) is 1. The van der Waals surface area contributed by atoms with Gasteiger partial charge in [0.25, 0.3) is 5.91 Å². The number of nitrogens with zero attached hydrogens (tertiary/aromatic N) is 5. The lowest BCUT2D eigenvalue weighted by Crippen LogP contribution is -2.52. The third kappa shape index (κ3) is 4.02. The zero-order chi connectivity index (χ0) is 19.5. The predicted molar refractivity (Wildman–Crippen MR) is 106 cm³/mol. The van der Waals surface area contributed by atoms with E-state index in [0.29, 0.717) is 24.5 Å². The lowest BCUT2D eigenvalue weighted by molar-refractivity contribution is -0.0741. The molecule has 2 saturated heterocycles. The van der Waals surface area contributed by atoms with Crippen molar-refractivity contribution in [2.24, 2.45) is 7.05 Å². The molecule has 0 saturated carbocycles. The Hall–Kier alpha value is -2.45. The summed E-state index contributed by atoms with van der Waals surface area (Å²) < 4.78 is 7.96. The molecule has 150 valence electrons. The number of aryl methyl sites for hydroxylation is 1. The van der Waals surface area contributed by atoms with Crippen molar-refractivity contribution < 1.29 is 9.53 Å². The third-order valence-electron chi connectivity index (χ3n) is 5.60. The molecule has 2 N–H and O–H groups in total. The van der Waals surface area contributed by atoms with Gasteiger partial charge >= 0.3 is 0 Å². The van der Waals surface area contributed by atoms with Gasteiger partial charge in [0, 0.05) is 38.1 Å². The van der Waals surface area contributed by atoms with Crippen LogP contribution in [-0.4, -0.2) is 69.4 Å². The Kier molecular flexibility index (Phi) is 5.59. The molecule has 0 unspecified atom stereocenters. The quantitative estimate of drug-likeness (QED) is 0.859. The zero-order valence-electron chi connectivity index (χ0n) is 16.3. The number of pyridine rings is 1. The van der Waals surface area contributed by atoms with E-state index in [2.05, 4.69) is 15.0 Å². The van der Waals surface area contributed by atoms with Crippen molar-refractivity contribution in [3.8, 4) is 0 Å². The molecule has 0 aromatic carbocycles. The number of likely N-dealkylation sites (tertiary alicyclic amines) is 1. The van der Waals surface area contributed by atoms with Crippen LogP contribution in [0.5, 0.6) is 0 Å². The van der Waals surface area contributed by atoms with E-state index in [1.165, 1.54) is 19.3 Å². The van der Waals surface area contributed by atoms with Crippen LogP contribution in [0.15, 0.2) is 30.7 Å². The smallest absolute Gasteiger partial charge is 0.256 e. The highest BCUT2D eigenvalue weighted by atomic mass is 16.5. The number of morpholine rings is 1. The van der Waals surface area contributed by atoms with E-state index in [9.17, 15) is 4.79 Å². The molecular formula is C20H28N6O2. The number of carbonyl (C=O) groups is 1. The van der Waals surface area contributed by atoms with Gasteiger partial charge in [-0.25, -0.2) is 4.98 Å². The van der Waals surface area contributed by atoms with Crippen LogP contribution in [0.2, 0.25) is 0 Å². The Bertz CT molecular complexity index is 799. The average molecular weight is 384 g/mol. The van der Waals surface area contributed by atoms with E-state index >= 15 is 0 Å². The Morgan fingerprint density at radius 2 is 2.04 bits per heavy atom. The molecule has 4 heterocycles. The lowest BCUT2D eigenvalue weighted by Gasteiger charge is -2.43. The molecule has 0 bridgehead atoms. The summed E-state index contributed by atoms with van der Waals surface area (Å²) in [7, 11) is 1.89. The van der Waals surface area contributed by atoms with E-state index in [1.54, 1.807) is 23.0 Å². The second kappa shape index (κ2) is 8.28. The van der Waals surface area contributed by atoms with E-state index in [4.69, 9.17) is 10.5 Å². The van der Waals surface area contributed by atoms with Crippen molar-refractivity contribution in [3.63, 3.8) is 0 Å². The fraction of sp³-hybridized carbons (Fsp3) is 0.550. The van der Waals surface area contributed by atoms with Crippen molar-refractivity contribution >= 4 is 11.7 Å². The molecule has 1 amide bonds. The molecule has 0 aliphatic carbocycles. The number of nitrogen functional groups attached to an aromatic ring is 1. The summed E-state index contributed by atoms with van der Waals surface area (Å²) in [4.78, 5) is 21.7. The van der Waals surface area contributed by atoms with Gasteiger partial charge in [-0.1, -0.05) is 6.42 Å². The summed E-state index contributed by atoms with van der Waals surface area (Å²) >= 11 is 0. The highest BCUT2D eigenvalue weighted by Gasteiger charge is 2.38. The molecule has 8 heteroatoms. The molecule has 2 aromatic rings. The summed E-state index contributed by atoms with van der Waals surface area (Å²) in [6.45, 7) is 4.08. The van der Waals surface area contributed by atoms with Gasteiger partial charge in [0.15, 0.2) is 0 Å². The second-order valence-corrected chi connectivity index (χ2v) is 7.63. The number of hydrogen-bond acceptors (Lipinski definition) is 6. The third-order valence-corrected chi connectivity index (χ3v) is 5.60. The number of piperidine rings is 1. The molecule has 2 aliphatic rings. The number of rotatable bonds is 4. The Labute approximate surface area is 165 Å². The second-order valence-electron chi connectivity index (χ2n) is 7.63. The van der Waals surface area contributed by atoms with Crippen LogP contribution in [0, 0.1) is 0 Å². The van der Waals surface area contributed by atoms with Gasteiger partial charge in [-0.05, 0) is 38.1 Å². The molecule has 2 aliphatic heterocycles. The summed E-state index contributed by atoms with van der Waals surface area (Å²) in [5, 5.41) is 4.33. The monoisotopic (exact) mass is 384 g/mol. The van der Waals surface area contributed by atoms with Gasteiger partial charge in [0.05, 0.1) is 30.5 Å². The molecule has 2 fully saturated rings. The van der Waals surface area contributed by atoms with Crippen molar-refractivity contribution in [2.75, 3.05) is 38.5 Å². The topological polar surface area (TPSA) is 89.5 Å². The predicted octanol–water partition coefficient (Wildman–Crippen LogP) is 1.47. The fourth-order valence-corrected chi connectivity index (χ4v) is 4.20. The van der Waals surface area contributed by atoms with E-state index in [-0.39, 0.29) is 18.1 Å². The number of carbonyl (C=O) groups excluding carboxylic acids is 1. The van der Waals surface area contributed by atoms with Gasteiger partial charge in [-0.2, -0.15) is 5.10 Å².